The van der Waals surface area contributed by atoms with E-state index < -0.39 is 6.29 Å². The third kappa shape index (κ3) is 3.96. The van der Waals surface area contributed by atoms with Gasteiger partial charge in [-0.2, -0.15) is 0 Å². The van der Waals surface area contributed by atoms with Crippen LogP contribution in [0.15, 0.2) is 0 Å². The summed E-state index contributed by atoms with van der Waals surface area (Å²) in [4.78, 5) is 12.6. The van der Waals surface area contributed by atoms with Gasteiger partial charge in [0.1, 0.15) is 5.92 Å². The fourth-order valence-electron chi connectivity index (χ4n) is 9.73. The van der Waals surface area contributed by atoms with Crippen LogP contribution in [0.1, 0.15) is 91.4 Å². The van der Waals surface area contributed by atoms with Crippen LogP contribution in [0.25, 0.3) is 0 Å². The van der Waals surface area contributed by atoms with Crippen LogP contribution in [-0.4, -0.2) is 33.6 Å². The van der Waals surface area contributed by atoms with E-state index in [1.54, 1.807) is 14.2 Å². The molecule has 0 radical (unpaired) electrons. The third-order valence-corrected chi connectivity index (χ3v) is 11.3. The molecule has 0 aromatic rings. The molecule has 4 aliphatic carbocycles. The summed E-state index contributed by atoms with van der Waals surface area (Å²) in [5, 5.41) is 0. The van der Waals surface area contributed by atoms with Crippen LogP contribution in [0.4, 0.5) is 0 Å². The van der Waals surface area contributed by atoms with E-state index in [1.165, 1.54) is 71.3 Å². The molecule has 4 heteroatoms. The van der Waals surface area contributed by atoms with Crippen molar-refractivity contribution in [3.8, 4) is 0 Å². The number of esters is 1. The van der Waals surface area contributed by atoms with Crippen LogP contribution in [0, 0.1) is 52.3 Å². The molecular formula is C28H48O4. The van der Waals surface area contributed by atoms with E-state index in [2.05, 4.69) is 20.8 Å². The Kier molecular flexibility index (Phi) is 7.33. The quantitative estimate of drug-likeness (QED) is 0.331. The number of hydrogen-bond acceptors (Lipinski definition) is 4. The van der Waals surface area contributed by atoms with Gasteiger partial charge in [-0.25, -0.2) is 0 Å². The molecule has 0 amide bonds. The molecule has 0 heterocycles. The minimum Gasteiger partial charge on any atom is -0.469 e. The Morgan fingerprint density at radius 3 is 2.28 bits per heavy atom. The van der Waals surface area contributed by atoms with E-state index in [4.69, 9.17) is 14.2 Å². The van der Waals surface area contributed by atoms with E-state index in [-0.39, 0.29) is 11.9 Å². The van der Waals surface area contributed by atoms with Crippen LogP contribution >= 0.6 is 0 Å². The van der Waals surface area contributed by atoms with Crippen molar-refractivity contribution in [3.05, 3.63) is 0 Å². The average molecular weight is 449 g/mol. The van der Waals surface area contributed by atoms with Gasteiger partial charge in [-0.15, -0.1) is 0 Å². The Hall–Kier alpha value is -0.610. The maximum atomic E-state index is 12.6. The summed E-state index contributed by atoms with van der Waals surface area (Å²) in [7, 11) is 4.70. The number of hydrogen-bond donors (Lipinski definition) is 0. The minimum absolute atomic E-state index is 0.211. The maximum absolute atomic E-state index is 12.6. The number of carbonyl (C=O) groups excluding carboxylic acids is 1. The van der Waals surface area contributed by atoms with Gasteiger partial charge in [0.15, 0.2) is 6.29 Å². The van der Waals surface area contributed by atoms with Crippen molar-refractivity contribution in [3.63, 3.8) is 0 Å². The number of methoxy groups -OCH3 is 3. The molecular weight excluding hydrogens is 400 g/mol. The van der Waals surface area contributed by atoms with Gasteiger partial charge in [-0.3, -0.25) is 4.79 Å². The fraction of sp³-hybridized carbons (Fsp3) is 0.964. The van der Waals surface area contributed by atoms with Crippen molar-refractivity contribution >= 4 is 5.97 Å². The average Bonchev–Trinajstić information content (AvgIpc) is 3.15. The molecule has 4 saturated carbocycles. The molecule has 4 aliphatic rings. The first-order chi connectivity index (χ1) is 15.3. The highest BCUT2D eigenvalue weighted by Crippen LogP contribution is 2.68. The van der Waals surface area contributed by atoms with Gasteiger partial charge in [-0.05, 0) is 104 Å². The molecule has 0 bridgehead atoms. The summed E-state index contributed by atoms with van der Waals surface area (Å²) in [5.41, 5.74) is 1.01. The molecule has 0 spiro atoms. The molecule has 0 aromatic heterocycles. The monoisotopic (exact) mass is 448 g/mol. The Morgan fingerprint density at radius 2 is 1.59 bits per heavy atom. The SMILES string of the molecule is COC(=O)C(C[C@@H](C)[C@H]1CC[C@H]2[C@@H]3CCC4CCCC[C@]4(C)[C@H]3CC[C@]12C)C(OC)OC. The van der Waals surface area contributed by atoms with Crippen molar-refractivity contribution in [2.75, 3.05) is 21.3 Å². The highest BCUT2D eigenvalue weighted by Gasteiger charge is 2.60. The zero-order chi connectivity index (χ0) is 23.1. The first-order valence-corrected chi connectivity index (χ1v) is 13.4. The molecule has 4 fully saturated rings. The standard InChI is InChI=1S/C28H48O4/c1-18(17-21(25(29)30-4)26(31-5)32-6)22-12-13-23-20-11-10-19-9-7-8-15-27(19,2)24(20)14-16-28(22,23)3/h18-24,26H,7-17H2,1-6H3/t18-,19?,20+,21?,22-,23+,24+,27+,28-/m1/s1. The first-order valence-electron chi connectivity index (χ1n) is 13.4. The van der Waals surface area contributed by atoms with Crippen molar-refractivity contribution in [2.45, 2.75) is 97.7 Å². The third-order valence-electron chi connectivity index (χ3n) is 11.3. The van der Waals surface area contributed by atoms with Crippen LogP contribution in [0.3, 0.4) is 0 Å². The van der Waals surface area contributed by atoms with Gasteiger partial charge in [0.2, 0.25) is 0 Å². The summed E-state index contributed by atoms with van der Waals surface area (Å²) in [6.07, 6.45) is 14.5. The minimum atomic E-state index is -0.535. The van der Waals surface area contributed by atoms with E-state index in [0.29, 0.717) is 22.7 Å². The van der Waals surface area contributed by atoms with Crippen LogP contribution in [0.5, 0.6) is 0 Å². The predicted molar refractivity (Wildman–Crippen MR) is 127 cm³/mol. The van der Waals surface area contributed by atoms with Crippen molar-refractivity contribution in [1.82, 2.24) is 0 Å². The van der Waals surface area contributed by atoms with E-state index in [9.17, 15) is 4.79 Å². The lowest BCUT2D eigenvalue weighted by Gasteiger charge is -2.61. The molecule has 9 atom stereocenters. The molecule has 0 aromatic carbocycles. The second-order valence-corrected chi connectivity index (χ2v) is 12.3. The summed E-state index contributed by atoms with van der Waals surface area (Å²) in [6, 6.07) is 0. The lowest BCUT2D eigenvalue weighted by atomic mass is 9.44. The van der Waals surface area contributed by atoms with Crippen LogP contribution in [0.2, 0.25) is 0 Å². The number of rotatable bonds is 7. The van der Waals surface area contributed by atoms with E-state index in [0.717, 1.165) is 30.1 Å². The lowest BCUT2D eigenvalue weighted by molar-refractivity contribution is -0.178. The van der Waals surface area contributed by atoms with Gasteiger partial charge in [0.05, 0.1) is 7.11 Å². The molecule has 4 nitrogen and oxygen atoms in total. The van der Waals surface area contributed by atoms with Gasteiger partial charge in [-0.1, -0.05) is 33.6 Å². The molecule has 2 unspecified atom stereocenters. The zero-order valence-electron chi connectivity index (χ0n) is 21.5. The lowest BCUT2D eigenvalue weighted by Crippen LogP contribution is -2.53. The van der Waals surface area contributed by atoms with Gasteiger partial charge in [0.25, 0.3) is 0 Å². The molecule has 0 saturated heterocycles. The summed E-state index contributed by atoms with van der Waals surface area (Å²) < 4.78 is 16.1. The summed E-state index contributed by atoms with van der Waals surface area (Å²) in [5.74, 6) is 4.28. The largest absolute Gasteiger partial charge is 0.469 e. The molecule has 0 N–H and O–H groups in total. The Balaban J connectivity index is 1.50. The zero-order valence-corrected chi connectivity index (χ0v) is 21.5. The topological polar surface area (TPSA) is 44.8 Å². The second kappa shape index (κ2) is 9.56. The van der Waals surface area contributed by atoms with Gasteiger partial charge >= 0.3 is 5.97 Å². The number of ether oxygens (including phenoxy) is 3. The highest BCUT2D eigenvalue weighted by atomic mass is 16.7. The van der Waals surface area contributed by atoms with Crippen molar-refractivity contribution in [1.29, 1.82) is 0 Å². The molecule has 32 heavy (non-hydrogen) atoms. The Bertz CT molecular complexity index is 660. The molecule has 184 valence electrons. The van der Waals surface area contributed by atoms with Gasteiger partial charge < -0.3 is 14.2 Å². The normalized spacial score (nSPS) is 43.2. The number of fused-ring (bicyclic) bond motifs is 5. The Morgan fingerprint density at radius 1 is 0.875 bits per heavy atom. The fourth-order valence-corrected chi connectivity index (χ4v) is 9.73. The molecule has 4 rings (SSSR count). The Labute approximate surface area is 196 Å². The number of carbonyl (C=O) groups is 1. The summed E-state index contributed by atoms with van der Waals surface area (Å²) >= 11 is 0. The highest BCUT2D eigenvalue weighted by molar-refractivity contribution is 5.72. The first kappa shape index (κ1) is 24.5. The van der Waals surface area contributed by atoms with Crippen LogP contribution < -0.4 is 0 Å². The van der Waals surface area contributed by atoms with Gasteiger partial charge in [0, 0.05) is 14.2 Å². The predicted octanol–water partition coefficient (Wildman–Crippen LogP) is 6.47. The van der Waals surface area contributed by atoms with Crippen LogP contribution in [-0.2, 0) is 19.0 Å². The maximum Gasteiger partial charge on any atom is 0.313 e. The summed E-state index contributed by atoms with van der Waals surface area (Å²) in [6.45, 7) is 7.64. The van der Waals surface area contributed by atoms with Crippen molar-refractivity contribution < 1.29 is 19.0 Å². The smallest absolute Gasteiger partial charge is 0.313 e. The van der Waals surface area contributed by atoms with E-state index >= 15 is 0 Å². The second-order valence-electron chi connectivity index (χ2n) is 12.3. The molecule has 0 aliphatic heterocycles. The van der Waals surface area contributed by atoms with Crippen molar-refractivity contribution in [2.24, 2.45) is 52.3 Å². The van der Waals surface area contributed by atoms with E-state index in [1.807, 2.05) is 0 Å².